The second kappa shape index (κ2) is 5.84. The molecule has 0 amide bonds. The zero-order valence-corrected chi connectivity index (χ0v) is 12.1. The number of nitrogens with zero attached hydrogens (tertiary/aromatic N) is 2. The molecule has 1 atom stereocenters. The predicted molar refractivity (Wildman–Crippen MR) is 70.6 cm³/mol. The largest absolute Gasteiger partial charge is 0.315 e. The first-order valence-corrected chi connectivity index (χ1v) is 7.31. The Morgan fingerprint density at radius 2 is 1.88 bits per heavy atom. The van der Waals surface area contributed by atoms with Crippen LogP contribution in [-0.4, -0.2) is 56.8 Å². The minimum atomic E-state index is -3.25. The highest BCUT2D eigenvalue weighted by Crippen LogP contribution is 2.30. The quantitative estimate of drug-likeness (QED) is 0.789. The fourth-order valence-electron chi connectivity index (χ4n) is 2.12. The third-order valence-corrected chi connectivity index (χ3v) is 5.48. The van der Waals surface area contributed by atoms with Crippen molar-refractivity contribution in [2.45, 2.75) is 25.3 Å². The van der Waals surface area contributed by atoms with Gasteiger partial charge in [0.1, 0.15) is 0 Å². The molecule has 1 aliphatic carbocycles. The lowest BCUT2D eigenvalue weighted by atomic mass is 10.3. The molecule has 5 nitrogen and oxygen atoms in total. The van der Waals surface area contributed by atoms with Crippen LogP contribution in [0.2, 0.25) is 0 Å². The Morgan fingerprint density at radius 3 is 2.35 bits per heavy atom. The first kappa shape index (κ1) is 15.2. The summed E-state index contributed by atoms with van der Waals surface area (Å²) in [6.45, 7) is 2.36. The first-order chi connectivity index (χ1) is 7.51. The van der Waals surface area contributed by atoms with Crippen molar-refractivity contribution in [3.8, 4) is 0 Å². The molecular weight excluding hydrogens is 262 g/mol. The SMILES string of the molecule is CN(CC1CC1)S(=O)(=O)N(C)C1CCNC1.Cl. The zero-order chi connectivity index (χ0) is 11.8. The molecule has 0 radical (unpaired) electrons. The number of nitrogens with one attached hydrogen (secondary N) is 1. The Bertz CT molecular complexity index is 339. The summed E-state index contributed by atoms with van der Waals surface area (Å²) in [4.78, 5) is 0. The monoisotopic (exact) mass is 283 g/mol. The molecule has 17 heavy (non-hydrogen) atoms. The Kier molecular flexibility index (Phi) is 5.21. The molecule has 1 unspecified atom stereocenters. The number of rotatable bonds is 5. The molecule has 2 aliphatic rings. The molecule has 1 heterocycles. The summed E-state index contributed by atoms with van der Waals surface area (Å²) in [5.74, 6) is 0.592. The van der Waals surface area contributed by atoms with Gasteiger partial charge in [0.25, 0.3) is 10.2 Å². The van der Waals surface area contributed by atoms with Crippen molar-refractivity contribution >= 4 is 22.6 Å². The highest BCUT2D eigenvalue weighted by molar-refractivity contribution is 7.86. The van der Waals surface area contributed by atoms with E-state index in [9.17, 15) is 8.42 Å². The van der Waals surface area contributed by atoms with Gasteiger partial charge in [-0.3, -0.25) is 0 Å². The van der Waals surface area contributed by atoms with Crippen LogP contribution in [0, 0.1) is 5.92 Å². The van der Waals surface area contributed by atoms with Gasteiger partial charge >= 0.3 is 0 Å². The topological polar surface area (TPSA) is 52.7 Å². The average Bonchev–Trinajstić information content (AvgIpc) is 2.89. The molecule has 0 bridgehead atoms. The standard InChI is InChI=1S/C10H21N3O2S.ClH/c1-12(8-9-3-4-9)16(14,15)13(2)10-5-6-11-7-10;/h9-11H,3-8H2,1-2H3;1H. The van der Waals surface area contributed by atoms with E-state index in [0.29, 0.717) is 12.5 Å². The predicted octanol–water partition coefficient (Wildman–Crippen LogP) is 0.288. The van der Waals surface area contributed by atoms with Crippen LogP contribution in [0.15, 0.2) is 0 Å². The second-order valence-corrected chi connectivity index (χ2v) is 6.99. The third-order valence-electron chi connectivity index (χ3n) is 3.52. The molecule has 1 saturated carbocycles. The van der Waals surface area contributed by atoms with E-state index in [1.165, 1.54) is 21.5 Å². The van der Waals surface area contributed by atoms with Crippen molar-refractivity contribution in [2.75, 3.05) is 33.7 Å². The molecule has 2 rings (SSSR count). The maximum absolute atomic E-state index is 12.2. The van der Waals surface area contributed by atoms with Crippen LogP contribution in [0.4, 0.5) is 0 Å². The summed E-state index contributed by atoms with van der Waals surface area (Å²) in [7, 11) is 0.127. The number of halogens is 1. The Morgan fingerprint density at radius 1 is 1.24 bits per heavy atom. The van der Waals surface area contributed by atoms with Crippen LogP contribution in [-0.2, 0) is 10.2 Å². The zero-order valence-electron chi connectivity index (χ0n) is 10.4. The van der Waals surface area contributed by atoms with Crippen LogP contribution >= 0.6 is 12.4 Å². The van der Waals surface area contributed by atoms with Crippen LogP contribution in [0.5, 0.6) is 0 Å². The molecule has 0 aromatic rings. The minimum Gasteiger partial charge on any atom is -0.315 e. The molecule has 1 aliphatic heterocycles. The van der Waals surface area contributed by atoms with Gasteiger partial charge in [0.15, 0.2) is 0 Å². The van der Waals surface area contributed by atoms with Crippen molar-refractivity contribution in [3.63, 3.8) is 0 Å². The van der Waals surface area contributed by atoms with Gasteiger partial charge in [-0.2, -0.15) is 17.0 Å². The van der Waals surface area contributed by atoms with E-state index in [2.05, 4.69) is 5.32 Å². The van der Waals surface area contributed by atoms with Crippen molar-refractivity contribution in [1.29, 1.82) is 0 Å². The summed E-state index contributed by atoms with van der Waals surface area (Å²) < 4.78 is 27.4. The van der Waals surface area contributed by atoms with Gasteiger partial charge in [-0.05, 0) is 31.7 Å². The van der Waals surface area contributed by atoms with Crippen LogP contribution in [0.25, 0.3) is 0 Å². The third kappa shape index (κ3) is 3.54. The normalized spacial score (nSPS) is 25.3. The van der Waals surface area contributed by atoms with E-state index >= 15 is 0 Å². The lowest BCUT2D eigenvalue weighted by Gasteiger charge is -2.28. The highest BCUT2D eigenvalue weighted by Gasteiger charge is 2.34. The van der Waals surface area contributed by atoms with Crippen molar-refractivity contribution in [3.05, 3.63) is 0 Å². The molecule has 0 aromatic carbocycles. The number of hydrogen-bond donors (Lipinski definition) is 1. The highest BCUT2D eigenvalue weighted by atomic mass is 35.5. The maximum atomic E-state index is 12.2. The summed E-state index contributed by atoms with van der Waals surface area (Å²) in [5.41, 5.74) is 0. The van der Waals surface area contributed by atoms with Gasteiger partial charge in [-0.15, -0.1) is 12.4 Å². The van der Waals surface area contributed by atoms with E-state index < -0.39 is 10.2 Å². The minimum absolute atomic E-state index is 0. The number of hydrogen-bond acceptors (Lipinski definition) is 3. The van der Waals surface area contributed by atoms with Crippen LogP contribution in [0.3, 0.4) is 0 Å². The lowest BCUT2D eigenvalue weighted by molar-refractivity contribution is 0.339. The maximum Gasteiger partial charge on any atom is 0.281 e. The lowest BCUT2D eigenvalue weighted by Crippen LogP contribution is -2.46. The van der Waals surface area contributed by atoms with Gasteiger partial charge < -0.3 is 5.32 Å². The van der Waals surface area contributed by atoms with Gasteiger partial charge in [-0.1, -0.05) is 0 Å². The summed E-state index contributed by atoms with van der Waals surface area (Å²) >= 11 is 0. The molecule has 1 saturated heterocycles. The Balaban J connectivity index is 0.00000144. The van der Waals surface area contributed by atoms with Gasteiger partial charge in [-0.25, -0.2) is 0 Å². The van der Waals surface area contributed by atoms with E-state index in [4.69, 9.17) is 0 Å². The summed E-state index contributed by atoms with van der Waals surface area (Å²) in [6, 6.07) is 0.117. The fourth-order valence-corrected chi connectivity index (χ4v) is 3.51. The van der Waals surface area contributed by atoms with Gasteiger partial charge in [0.2, 0.25) is 0 Å². The summed E-state index contributed by atoms with van der Waals surface area (Å²) in [5, 5.41) is 3.19. The van der Waals surface area contributed by atoms with Gasteiger partial charge in [0, 0.05) is 33.2 Å². The average molecular weight is 284 g/mol. The molecular formula is C10H22ClN3O2S. The van der Waals surface area contributed by atoms with E-state index in [1.54, 1.807) is 14.1 Å². The van der Waals surface area contributed by atoms with Crippen molar-refractivity contribution in [2.24, 2.45) is 5.92 Å². The first-order valence-electron chi connectivity index (χ1n) is 5.92. The molecule has 1 N–H and O–H groups in total. The fraction of sp³-hybridized carbons (Fsp3) is 1.00. The molecule has 0 aromatic heterocycles. The van der Waals surface area contributed by atoms with E-state index in [1.807, 2.05) is 0 Å². The van der Waals surface area contributed by atoms with Crippen molar-refractivity contribution < 1.29 is 8.42 Å². The smallest absolute Gasteiger partial charge is 0.281 e. The molecule has 2 fully saturated rings. The Labute approximate surface area is 110 Å². The summed E-state index contributed by atoms with van der Waals surface area (Å²) in [6.07, 6.45) is 3.26. The van der Waals surface area contributed by atoms with Crippen LogP contribution < -0.4 is 5.32 Å². The van der Waals surface area contributed by atoms with Crippen LogP contribution in [0.1, 0.15) is 19.3 Å². The Hall–Kier alpha value is 0.120. The molecule has 0 spiro atoms. The van der Waals surface area contributed by atoms with E-state index in [-0.39, 0.29) is 18.4 Å². The van der Waals surface area contributed by atoms with Gasteiger partial charge in [0.05, 0.1) is 0 Å². The number of likely N-dealkylation sites (N-methyl/N-ethyl adjacent to an activating group) is 1. The molecule has 102 valence electrons. The second-order valence-electron chi connectivity index (χ2n) is 4.89. The van der Waals surface area contributed by atoms with E-state index in [0.717, 1.165) is 19.5 Å². The van der Waals surface area contributed by atoms with Crippen molar-refractivity contribution in [1.82, 2.24) is 13.9 Å². The molecule has 7 heteroatoms.